The molecule has 2 unspecified atom stereocenters. The Morgan fingerprint density at radius 3 is 1.49 bits per heavy atom. The zero-order valence-corrected chi connectivity index (χ0v) is 33.4. The van der Waals surface area contributed by atoms with Crippen LogP contribution in [0.25, 0.3) is 0 Å². The number of ether oxygens (including phenoxy) is 5. The third-order valence-electron chi connectivity index (χ3n) is 9.02. The van der Waals surface area contributed by atoms with Crippen molar-refractivity contribution >= 4 is 75.6 Å². The topological polar surface area (TPSA) is 124 Å². The number of carbonyl (C=O) groups is 3. The van der Waals surface area contributed by atoms with Crippen LogP contribution >= 0.6 is 46.4 Å². The van der Waals surface area contributed by atoms with Gasteiger partial charge in [0.25, 0.3) is 0 Å². The molecular formula is C40H40Cl4N2O9. The molecule has 0 bridgehead atoms. The van der Waals surface area contributed by atoms with E-state index < -0.39 is 0 Å². The molecule has 292 valence electrons. The number of nitrogens with zero attached hydrogens (tertiary/aromatic N) is 2. The van der Waals surface area contributed by atoms with Crippen molar-refractivity contribution in [3.8, 4) is 23.0 Å². The van der Waals surface area contributed by atoms with Crippen molar-refractivity contribution in [1.29, 1.82) is 0 Å². The quantitative estimate of drug-likeness (QED) is 0.105. The van der Waals surface area contributed by atoms with Gasteiger partial charge in [0.1, 0.15) is 19.8 Å². The number of aliphatic hydroxyl groups excluding tert-OH is 1. The van der Waals surface area contributed by atoms with Gasteiger partial charge < -0.3 is 38.6 Å². The van der Waals surface area contributed by atoms with Gasteiger partial charge in [0.05, 0.1) is 52.8 Å². The van der Waals surface area contributed by atoms with Gasteiger partial charge >= 0.3 is 5.97 Å². The number of rotatable bonds is 13. The molecule has 2 aliphatic heterocycles. The van der Waals surface area contributed by atoms with E-state index in [1.165, 1.54) is 14.0 Å². The summed E-state index contributed by atoms with van der Waals surface area (Å²) in [5.74, 6) is 1.13. The molecule has 2 saturated heterocycles. The third-order valence-corrected chi connectivity index (χ3v) is 10.5. The summed E-state index contributed by atoms with van der Waals surface area (Å²) in [5, 5.41) is 10.8. The van der Waals surface area contributed by atoms with E-state index in [2.05, 4.69) is 0 Å². The van der Waals surface area contributed by atoms with Crippen molar-refractivity contribution < 1.29 is 43.2 Å². The second-order valence-corrected chi connectivity index (χ2v) is 14.1. The zero-order chi connectivity index (χ0) is 39.6. The first kappa shape index (κ1) is 41.8. The highest BCUT2D eigenvalue weighted by Gasteiger charge is 2.35. The standard InChI is InChI=1S/C21H21Cl2NO5.C19H19Cl2NO4/c1-13(25)28-9-10-29-20-12-15(4-6-19(20)27-2)24-8-7-16(21(24)26)14-3-5-17(22)18(23)11-14;1-25-17-5-3-13(11-18(17)26-9-8-23)22-7-6-14(19(22)24)12-2-4-15(20)16(21)10-12/h3-6,11-12,16H,7-10H2,1-2H3;2-5,10-11,14,23H,6-9H2,1H3. The lowest BCUT2D eigenvalue weighted by molar-refractivity contribution is -0.141. The van der Waals surface area contributed by atoms with E-state index in [0.717, 1.165) is 16.8 Å². The Kier molecular flexibility index (Phi) is 14.8. The Morgan fingerprint density at radius 1 is 0.636 bits per heavy atom. The Balaban J connectivity index is 0.000000212. The van der Waals surface area contributed by atoms with Crippen LogP contribution in [0, 0.1) is 0 Å². The molecule has 2 atom stereocenters. The Hall–Kier alpha value is -4.39. The number of methoxy groups -OCH3 is 2. The van der Waals surface area contributed by atoms with Gasteiger partial charge in [-0.25, -0.2) is 0 Å². The molecular weight excluding hydrogens is 794 g/mol. The van der Waals surface area contributed by atoms with Crippen LogP contribution in [0.2, 0.25) is 20.1 Å². The number of anilines is 2. The van der Waals surface area contributed by atoms with Crippen molar-refractivity contribution in [2.45, 2.75) is 31.6 Å². The molecule has 11 nitrogen and oxygen atoms in total. The predicted molar refractivity (Wildman–Crippen MR) is 213 cm³/mol. The molecule has 55 heavy (non-hydrogen) atoms. The monoisotopic (exact) mass is 832 g/mol. The summed E-state index contributed by atoms with van der Waals surface area (Å²) in [4.78, 5) is 40.2. The van der Waals surface area contributed by atoms with Crippen molar-refractivity contribution in [3.63, 3.8) is 0 Å². The fraction of sp³-hybridized carbons (Fsp3) is 0.325. The molecule has 0 aromatic heterocycles. The largest absolute Gasteiger partial charge is 0.493 e. The molecule has 4 aromatic carbocycles. The lowest BCUT2D eigenvalue weighted by atomic mass is 9.98. The second kappa shape index (κ2) is 19.5. The van der Waals surface area contributed by atoms with E-state index in [0.29, 0.717) is 74.7 Å². The van der Waals surface area contributed by atoms with E-state index in [4.69, 9.17) is 75.2 Å². The fourth-order valence-corrected chi connectivity index (χ4v) is 6.95. The SMILES string of the molecule is COc1ccc(N2CCC(c3ccc(Cl)c(Cl)c3)C2=O)cc1OCCO.COc1ccc(N2CCC(c3ccc(Cl)c(Cl)c3)C2=O)cc1OCCOC(C)=O. The summed E-state index contributed by atoms with van der Waals surface area (Å²) in [7, 11) is 3.08. The van der Waals surface area contributed by atoms with Gasteiger partial charge in [0, 0.05) is 43.5 Å². The molecule has 2 fully saturated rings. The molecule has 2 heterocycles. The average Bonchev–Trinajstić information content (AvgIpc) is 3.76. The first-order chi connectivity index (χ1) is 26.4. The molecule has 1 N–H and O–H groups in total. The first-order valence-electron chi connectivity index (χ1n) is 17.3. The van der Waals surface area contributed by atoms with E-state index in [1.54, 1.807) is 65.4 Å². The third kappa shape index (κ3) is 10.3. The number of aliphatic hydroxyl groups is 1. The van der Waals surface area contributed by atoms with E-state index in [-0.39, 0.29) is 56.0 Å². The number of hydrogen-bond donors (Lipinski definition) is 1. The van der Waals surface area contributed by atoms with Crippen LogP contribution in [0.5, 0.6) is 23.0 Å². The summed E-state index contributed by atoms with van der Waals surface area (Å²) >= 11 is 24.1. The van der Waals surface area contributed by atoms with Crippen molar-refractivity contribution in [2.75, 3.05) is 63.5 Å². The number of carbonyl (C=O) groups excluding carboxylic acids is 3. The minimum atomic E-state index is -0.370. The van der Waals surface area contributed by atoms with Crippen LogP contribution in [0.3, 0.4) is 0 Å². The van der Waals surface area contributed by atoms with Gasteiger partial charge in [0.2, 0.25) is 11.8 Å². The lowest BCUT2D eigenvalue weighted by Gasteiger charge is -2.19. The maximum Gasteiger partial charge on any atom is 0.302 e. The second-order valence-electron chi connectivity index (χ2n) is 12.4. The highest BCUT2D eigenvalue weighted by atomic mass is 35.5. The van der Waals surface area contributed by atoms with Gasteiger partial charge in [-0.05, 0) is 72.5 Å². The van der Waals surface area contributed by atoms with Crippen LogP contribution in [-0.2, 0) is 19.1 Å². The van der Waals surface area contributed by atoms with Gasteiger partial charge in [-0.2, -0.15) is 0 Å². The number of esters is 1. The van der Waals surface area contributed by atoms with Crippen LogP contribution in [0.4, 0.5) is 11.4 Å². The van der Waals surface area contributed by atoms with Gasteiger partial charge in [0.15, 0.2) is 23.0 Å². The molecule has 6 rings (SSSR count). The summed E-state index contributed by atoms with van der Waals surface area (Å²) in [5.41, 5.74) is 3.14. The Labute approximate surface area is 339 Å². The fourth-order valence-electron chi connectivity index (χ4n) is 6.33. The number of benzene rings is 4. The highest BCUT2D eigenvalue weighted by Crippen LogP contribution is 2.40. The Bertz CT molecular complexity index is 2010. The molecule has 2 aliphatic rings. The summed E-state index contributed by atoms with van der Waals surface area (Å²) in [6, 6.07) is 21.2. The van der Waals surface area contributed by atoms with Crippen LogP contribution in [-0.4, -0.2) is 76.6 Å². The number of amides is 2. The van der Waals surface area contributed by atoms with Gasteiger partial charge in [-0.15, -0.1) is 0 Å². The van der Waals surface area contributed by atoms with Crippen LogP contribution < -0.4 is 28.7 Å². The predicted octanol–water partition coefficient (Wildman–Crippen LogP) is 8.36. The van der Waals surface area contributed by atoms with Crippen molar-refractivity contribution in [3.05, 3.63) is 104 Å². The normalized spacial score (nSPS) is 16.4. The van der Waals surface area contributed by atoms with Crippen LogP contribution in [0.1, 0.15) is 42.7 Å². The van der Waals surface area contributed by atoms with E-state index >= 15 is 0 Å². The Morgan fingerprint density at radius 2 is 1.09 bits per heavy atom. The van der Waals surface area contributed by atoms with Gasteiger partial charge in [-0.1, -0.05) is 58.5 Å². The number of halogens is 4. The zero-order valence-electron chi connectivity index (χ0n) is 30.4. The molecule has 4 aromatic rings. The van der Waals surface area contributed by atoms with Crippen LogP contribution in [0.15, 0.2) is 72.8 Å². The minimum Gasteiger partial charge on any atom is -0.493 e. The van der Waals surface area contributed by atoms with Crippen molar-refractivity contribution in [1.82, 2.24) is 0 Å². The summed E-state index contributed by atoms with van der Waals surface area (Å²) in [6.07, 6.45) is 1.36. The number of hydrogen-bond acceptors (Lipinski definition) is 9. The van der Waals surface area contributed by atoms with Crippen molar-refractivity contribution in [2.24, 2.45) is 0 Å². The maximum absolute atomic E-state index is 13.0. The summed E-state index contributed by atoms with van der Waals surface area (Å²) < 4.78 is 26.6. The minimum absolute atomic E-state index is 0.00154. The summed E-state index contributed by atoms with van der Waals surface area (Å²) in [6.45, 7) is 2.86. The van der Waals surface area contributed by atoms with Gasteiger partial charge in [-0.3, -0.25) is 14.4 Å². The molecule has 2 amide bonds. The molecule has 15 heteroatoms. The lowest BCUT2D eigenvalue weighted by Crippen LogP contribution is -2.26. The molecule has 0 radical (unpaired) electrons. The maximum atomic E-state index is 13.0. The molecule has 0 saturated carbocycles. The first-order valence-corrected chi connectivity index (χ1v) is 18.8. The smallest absolute Gasteiger partial charge is 0.302 e. The van der Waals surface area contributed by atoms with E-state index in [1.807, 2.05) is 24.3 Å². The average molecular weight is 835 g/mol. The molecule has 0 spiro atoms. The van der Waals surface area contributed by atoms with E-state index in [9.17, 15) is 14.4 Å². The highest BCUT2D eigenvalue weighted by molar-refractivity contribution is 6.42. The molecule has 0 aliphatic carbocycles.